The van der Waals surface area contributed by atoms with Crippen molar-refractivity contribution in [3.63, 3.8) is 0 Å². The minimum absolute atomic E-state index is 0.259. The molecule has 0 amide bonds. The van der Waals surface area contributed by atoms with E-state index in [4.69, 9.17) is 9.47 Å². The summed E-state index contributed by atoms with van der Waals surface area (Å²) in [5.74, 6) is 0.0563. The highest BCUT2D eigenvalue weighted by molar-refractivity contribution is 5.19. The molecule has 1 heterocycles. The van der Waals surface area contributed by atoms with Crippen molar-refractivity contribution in [1.82, 2.24) is 5.32 Å². The molecule has 1 aliphatic heterocycles. The van der Waals surface area contributed by atoms with Gasteiger partial charge in [-0.1, -0.05) is 44.2 Å². The molecule has 2 aliphatic rings. The lowest BCUT2D eigenvalue weighted by molar-refractivity contribution is -0.202. The number of nitrogens with one attached hydrogen (secondary N) is 1. The third kappa shape index (κ3) is 3.94. The first kappa shape index (κ1) is 16.9. The van der Waals surface area contributed by atoms with E-state index >= 15 is 0 Å². The average Bonchev–Trinajstić information content (AvgIpc) is 3.01. The second kappa shape index (κ2) is 6.89. The molecule has 0 radical (unpaired) electrons. The number of hydrogen-bond acceptors (Lipinski definition) is 4. The van der Waals surface area contributed by atoms with Gasteiger partial charge >= 0.3 is 0 Å². The second-order valence-corrected chi connectivity index (χ2v) is 7.35. The Morgan fingerprint density at radius 3 is 2.22 bits per heavy atom. The number of rotatable bonds is 5. The van der Waals surface area contributed by atoms with Crippen molar-refractivity contribution in [2.24, 2.45) is 5.92 Å². The quantitative estimate of drug-likeness (QED) is 0.876. The number of benzene rings is 1. The molecule has 1 aliphatic carbocycles. The van der Waals surface area contributed by atoms with Gasteiger partial charge in [-0.05, 0) is 24.3 Å². The molecule has 0 aromatic heterocycles. The predicted molar refractivity (Wildman–Crippen MR) is 90.1 cm³/mol. The highest BCUT2D eigenvalue weighted by atomic mass is 16.7. The molecule has 0 bridgehead atoms. The van der Waals surface area contributed by atoms with Crippen molar-refractivity contribution in [3.8, 4) is 0 Å². The largest absolute Gasteiger partial charge is 0.389 e. The summed E-state index contributed by atoms with van der Waals surface area (Å²) in [4.78, 5) is 0. The zero-order chi connectivity index (χ0) is 16.3. The molecular formula is C19H29NO3. The van der Waals surface area contributed by atoms with Crippen LogP contribution in [0.4, 0.5) is 0 Å². The van der Waals surface area contributed by atoms with Crippen LogP contribution in [0.2, 0.25) is 0 Å². The lowest BCUT2D eigenvalue weighted by atomic mass is 9.81. The molecule has 1 spiro atoms. The topological polar surface area (TPSA) is 50.7 Å². The summed E-state index contributed by atoms with van der Waals surface area (Å²) in [6, 6.07) is 10.7. The smallest absolute Gasteiger partial charge is 0.168 e. The highest BCUT2D eigenvalue weighted by Gasteiger charge is 2.45. The van der Waals surface area contributed by atoms with Crippen LogP contribution < -0.4 is 5.32 Å². The molecule has 1 aromatic carbocycles. The summed E-state index contributed by atoms with van der Waals surface area (Å²) >= 11 is 0. The van der Waals surface area contributed by atoms with E-state index < -0.39 is 11.4 Å². The van der Waals surface area contributed by atoms with E-state index in [1.54, 1.807) is 0 Å². The van der Waals surface area contributed by atoms with Gasteiger partial charge in [0, 0.05) is 25.4 Å². The first-order chi connectivity index (χ1) is 11.0. The molecule has 2 fully saturated rings. The van der Waals surface area contributed by atoms with Crippen molar-refractivity contribution in [2.75, 3.05) is 19.8 Å². The molecule has 1 unspecified atom stereocenters. The van der Waals surface area contributed by atoms with Gasteiger partial charge < -0.3 is 19.9 Å². The van der Waals surface area contributed by atoms with E-state index in [9.17, 15) is 5.11 Å². The molecule has 3 rings (SSSR count). The fourth-order valence-corrected chi connectivity index (χ4v) is 3.76. The number of aliphatic hydroxyl groups is 1. The summed E-state index contributed by atoms with van der Waals surface area (Å²) in [6.07, 6.45) is 3.00. The average molecular weight is 319 g/mol. The number of hydrogen-bond donors (Lipinski definition) is 2. The molecule has 128 valence electrons. The van der Waals surface area contributed by atoms with Crippen LogP contribution in [0, 0.1) is 5.92 Å². The first-order valence-corrected chi connectivity index (χ1v) is 8.81. The van der Waals surface area contributed by atoms with Crippen LogP contribution in [0.1, 0.15) is 51.1 Å². The maximum absolute atomic E-state index is 10.9. The Labute approximate surface area is 139 Å². The summed E-state index contributed by atoms with van der Waals surface area (Å²) in [5.41, 5.74) is 0.614. The van der Waals surface area contributed by atoms with Crippen LogP contribution in [-0.4, -0.2) is 36.3 Å². The molecule has 2 N–H and O–H groups in total. The van der Waals surface area contributed by atoms with Crippen LogP contribution in [0.25, 0.3) is 0 Å². The fraction of sp³-hybridized carbons (Fsp3) is 0.684. The van der Waals surface area contributed by atoms with Crippen molar-refractivity contribution in [1.29, 1.82) is 0 Å². The molecule has 23 heavy (non-hydrogen) atoms. The third-order valence-electron chi connectivity index (χ3n) is 5.23. The van der Waals surface area contributed by atoms with Gasteiger partial charge in [-0.3, -0.25) is 0 Å². The van der Waals surface area contributed by atoms with Crippen molar-refractivity contribution in [2.45, 2.75) is 57.0 Å². The normalized spacial score (nSPS) is 24.2. The van der Waals surface area contributed by atoms with E-state index in [1.165, 1.54) is 5.56 Å². The maximum atomic E-state index is 10.9. The van der Waals surface area contributed by atoms with Crippen LogP contribution >= 0.6 is 0 Å². The minimum Gasteiger partial charge on any atom is -0.389 e. The van der Waals surface area contributed by atoms with Crippen LogP contribution in [0.15, 0.2) is 30.3 Å². The second-order valence-electron chi connectivity index (χ2n) is 7.35. The van der Waals surface area contributed by atoms with E-state index in [2.05, 4.69) is 43.4 Å². The van der Waals surface area contributed by atoms with E-state index in [-0.39, 0.29) is 6.04 Å². The molecule has 4 heteroatoms. The van der Waals surface area contributed by atoms with Crippen LogP contribution in [-0.2, 0) is 9.47 Å². The molecule has 4 nitrogen and oxygen atoms in total. The van der Waals surface area contributed by atoms with Crippen LogP contribution in [0.5, 0.6) is 0 Å². The SMILES string of the molecule is CC(C)C(NCC1(O)CCC2(CC1)OCCO2)c1ccccc1. The molecular weight excluding hydrogens is 290 g/mol. The monoisotopic (exact) mass is 319 g/mol. The Kier molecular flexibility index (Phi) is 5.07. The number of ether oxygens (including phenoxy) is 2. The zero-order valence-corrected chi connectivity index (χ0v) is 14.3. The maximum Gasteiger partial charge on any atom is 0.168 e. The van der Waals surface area contributed by atoms with Gasteiger partial charge in [-0.2, -0.15) is 0 Å². The molecule has 1 aromatic rings. The summed E-state index contributed by atoms with van der Waals surface area (Å²) < 4.78 is 11.5. The van der Waals surface area contributed by atoms with E-state index in [0.717, 1.165) is 25.7 Å². The van der Waals surface area contributed by atoms with Gasteiger partial charge in [0.15, 0.2) is 5.79 Å². The Morgan fingerprint density at radius 2 is 1.65 bits per heavy atom. The van der Waals surface area contributed by atoms with Gasteiger partial charge in [0.05, 0.1) is 18.8 Å². The molecule has 1 saturated heterocycles. The molecule has 1 saturated carbocycles. The lowest BCUT2D eigenvalue weighted by Gasteiger charge is -2.41. The van der Waals surface area contributed by atoms with Gasteiger partial charge in [0.1, 0.15) is 0 Å². The standard InChI is InChI=1S/C19H29NO3/c1-15(2)17(16-6-4-3-5-7-16)20-14-18(21)8-10-19(11-9-18)22-12-13-23-19/h3-7,15,17,20-21H,8-14H2,1-2H3. The Hall–Kier alpha value is -0.940. The summed E-state index contributed by atoms with van der Waals surface area (Å²) in [6.45, 7) is 6.40. The molecule has 1 atom stereocenters. The third-order valence-corrected chi connectivity index (χ3v) is 5.23. The van der Waals surface area contributed by atoms with Crippen molar-refractivity contribution < 1.29 is 14.6 Å². The first-order valence-electron chi connectivity index (χ1n) is 8.81. The van der Waals surface area contributed by atoms with Crippen LogP contribution in [0.3, 0.4) is 0 Å². The van der Waals surface area contributed by atoms with Gasteiger partial charge in [-0.15, -0.1) is 0 Å². The van der Waals surface area contributed by atoms with E-state index in [0.29, 0.717) is 25.7 Å². The lowest BCUT2D eigenvalue weighted by Crippen LogP contribution is -2.49. The Morgan fingerprint density at radius 1 is 1.04 bits per heavy atom. The highest BCUT2D eigenvalue weighted by Crippen LogP contribution is 2.40. The van der Waals surface area contributed by atoms with E-state index in [1.807, 2.05) is 6.07 Å². The van der Waals surface area contributed by atoms with Crippen molar-refractivity contribution >= 4 is 0 Å². The van der Waals surface area contributed by atoms with Crippen molar-refractivity contribution in [3.05, 3.63) is 35.9 Å². The summed E-state index contributed by atoms with van der Waals surface area (Å²) in [5, 5.41) is 14.5. The summed E-state index contributed by atoms with van der Waals surface area (Å²) in [7, 11) is 0. The van der Waals surface area contributed by atoms with Gasteiger partial charge in [0.2, 0.25) is 0 Å². The Bertz CT molecular complexity index is 487. The minimum atomic E-state index is -0.664. The van der Waals surface area contributed by atoms with Gasteiger partial charge in [-0.25, -0.2) is 0 Å². The van der Waals surface area contributed by atoms with Gasteiger partial charge in [0.25, 0.3) is 0 Å². The zero-order valence-electron chi connectivity index (χ0n) is 14.3. The predicted octanol–water partition coefficient (Wildman–Crippen LogP) is 3.02. The fourth-order valence-electron chi connectivity index (χ4n) is 3.76. The Balaban J connectivity index is 1.58.